The SMILES string of the molecule is CC1(C)CCC(NC(=O)c2cc(Cl)ccc2[N+](=O)[O-])C1. The van der Waals surface area contributed by atoms with Gasteiger partial charge in [-0.3, -0.25) is 14.9 Å². The first-order valence-corrected chi connectivity index (χ1v) is 6.91. The molecule has 0 radical (unpaired) electrons. The average molecular weight is 297 g/mol. The predicted molar refractivity (Wildman–Crippen MR) is 77.0 cm³/mol. The lowest BCUT2D eigenvalue weighted by Crippen LogP contribution is -2.33. The second-order valence-corrected chi connectivity index (χ2v) is 6.43. The van der Waals surface area contributed by atoms with Crippen molar-refractivity contribution in [1.82, 2.24) is 5.32 Å². The third-order valence-electron chi connectivity index (χ3n) is 3.70. The zero-order valence-electron chi connectivity index (χ0n) is 11.5. The van der Waals surface area contributed by atoms with Gasteiger partial charge in [0.05, 0.1) is 4.92 Å². The van der Waals surface area contributed by atoms with Crippen molar-refractivity contribution in [3.05, 3.63) is 38.9 Å². The minimum absolute atomic E-state index is 0.0206. The minimum Gasteiger partial charge on any atom is -0.349 e. The first-order valence-electron chi connectivity index (χ1n) is 6.53. The molecule has 108 valence electrons. The van der Waals surface area contributed by atoms with Crippen molar-refractivity contribution in [2.24, 2.45) is 5.41 Å². The van der Waals surface area contributed by atoms with Crippen molar-refractivity contribution in [2.75, 3.05) is 0 Å². The van der Waals surface area contributed by atoms with E-state index in [4.69, 9.17) is 11.6 Å². The summed E-state index contributed by atoms with van der Waals surface area (Å²) in [5, 5.41) is 14.1. The molecule has 1 N–H and O–H groups in total. The molecule has 1 aromatic rings. The Balaban J connectivity index is 2.17. The van der Waals surface area contributed by atoms with Crippen LogP contribution in [0.4, 0.5) is 5.69 Å². The third-order valence-corrected chi connectivity index (χ3v) is 3.94. The van der Waals surface area contributed by atoms with Crippen LogP contribution in [0, 0.1) is 15.5 Å². The summed E-state index contributed by atoms with van der Waals surface area (Å²) in [4.78, 5) is 22.6. The molecule has 0 aromatic heterocycles. The van der Waals surface area contributed by atoms with Crippen LogP contribution in [-0.2, 0) is 0 Å². The standard InChI is InChI=1S/C14H17ClN2O3/c1-14(2)6-5-10(8-14)16-13(18)11-7-9(15)3-4-12(11)17(19)20/h3-4,7,10H,5-6,8H2,1-2H3,(H,16,18). The van der Waals surface area contributed by atoms with Crippen LogP contribution in [0.1, 0.15) is 43.5 Å². The highest BCUT2D eigenvalue weighted by molar-refractivity contribution is 6.31. The molecule has 20 heavy (non-hydrogen) atoms. The Morgan fingerprint density at radius 2 is 2.20 bits per heavy atom. The highest BCUT2D eigenvalue weighted by atomic mass is 35.5. The summed E-state index contributed by atoms with van der Waals surface area (Å²) in [5.74, 6) is -0.429. The molecule has 1 aliphatic carbocycles. The Morgan fingerprint density at radius 1 is 1.50 bits per heavy atom. The van der Waals surface area contributed by atoms with Crippen molar-refractivity contribution >= 4 is 23.2 Å². The van der Waals surface area contributed by atoms with Gasteiger partial charge in [-0.2, -0.15) is 0 Å². The molecule has 1 aliphatic rings. The van der Waals surface area contributed by atoms with E-state index >= 15 is 0 Å². The van der Waals surface area contributed by atoms with E-state index < -0.39 is 10.8 Å². The molecule has 2 rings (SSSR count). The molecular formula is C14H17ClN2O3. The number of rotatable bonds is 3. The second-order valence-electron chi connectivity index (χ2n) is 6.00. The molecule has 1 fully saturated rings. The Hall–Kier alpha value is -1.62. The fourth-order valence-electron chi connectivity index (χ4n) is 2.67. The molecule has 5 nitrogen and oxygen atoms in total. The van der Waals surface area contributed by atoms with Crippen molar-refractivity contribution in [3.63, 3.8) is 0 Å². The number of hydrogen-bond acceptors (Lipinski definition) is 3. The lowest BCUT2D eigenvalue weighted by molar-refractivity contribution is -0.385. The second kappa shape index (κ2) is 5.40. The molecule has 1 atom stereocenters. The number of carbonyl (C=O) groups excluding carboxylic acids is 1. The normalized spacial score (nSPS) is 20.6. The molecule has 0 aliphatic heterocycles. The van der Waals surface area contributed by atoms with Crippen LogP contribution >= 0.6 is 11.6 Å². The zero-order chi connectivity index (χ0) is 14.9. The smallest absolute Gasteiger partial charge is 0.282 e. The van der Waals surface area contributed by atoms with Crippen LogP contribution in [-0.4, -0.2) is 16.9 Å². The van der Waals surface area contributed by atoms with E-state index in [1.165, 1.54) is 18.2 Å². The molecule has 1 unspecified atom stereocenters. The van der Waals surface area contributed by atoms with Crippen molar-refractivity contribution in [3.8, 4) is 0 Å². The minimum atomic E-state index is -0.566. The van der Waals surface area contributed by atoms with Crippen LogP contribution in [0.15, 0.2) is 18.2 Å². The zero-order valence-corrected chi connectivity index (χ0v) is 12.2. The van der Waals surface area contributed by atoms with E-state index in [0.717, 1.165) is 19.3 Å². The monoisotopic (exact) mass is 296 g/mol. The summed E-state index contributed by atoms with van der Waals surface area (Å²) < 4.78 is 0. The summed E-state index contributed by atoms with van der Waals surface area (Å²) in [5.41, 5.74) is 0.00875. The number of halogens is 1. The van der Waals surface area contributed by atoms with Gasteiger partial charge >= 0.3 is 0 Å². The summed E-state index contributed by atoms with van der Waals surface area (Å²) in [6, 6.07) is 4.08. The number of amides is 1. The van der Waals surface area contributed by atoms with E-state index in [9.17, 15) is 14.9 Å². The Morgan fingerprint density at radius 3 is 2.75 bits per heavy atom. The average Bonchev–Trinajstić information content (AvgIpc) is 2.68. The van der Waals surface area contributed by atoms with Crippen molar-refractivity contribution < 1.29 is 9.72 Å². The predicted octanol–water partition coefficient (Wildman–Crippen LogP) is 3.56. The quantitative estimate of drug-likeness (QED) is 0.684. The van der Waals surface area contributed by atoms with Gasteiger partial charge in [0.15, 0.2) is 0 Å². The summed E-state index contributed by atoms with van der Waals surface area (Å²) in [7, 11) is 0. The number of hydrogen-bond donors (Lipinski definition) is 1. The van der Waals surface area contributed by atoms with Crippen LogP contribution in [0.2, 0.25) is 5.02 Å². The number of nitro benzene ring substituents is 1. The van der Waals surface area contributed by atoms with E-state index in [2.05, 4.69) is 19.2 Å². The number of nitrogens with zero attached hydrogens (tertiary/aromatic N) is 1. The Kier molecular flexibility index (Phi) is 3.99. The molecule has 1 amide bonds. The first-order chi connectivity index (χ1) is 9.28. The fraction of sp³-hybridized carbons (Fsp3) is 0.500. The van der Waals surface area contributed by atoms with E-state index in [1.807, 2.05) is 0 Å². The van der Waals surface area contributed by atoms with Crippen molar-refractivity contribution in [2.45, 2.75) is 39.2 Å². The van der Waals surface area contributed by atoms with Crippen LogP contribution in [0.5, 0.6) is 0 Å². The van der Waals surface area contributed by atoms with Gasteiger partial charge in [0.2, 0.25) is 0 Å². The van der Waals surface area contributed by atoms with Crippen LogP contribution < -0.4 is 5.32 Å². The Labute approximate surface area is 122 Å². The molecule has 0 spiro atoms. The fourth-order valence-corrected chi connectivity index (χ4v) is 2.84. The molecule has 1 aromatic carbocycles. The molecule has 0 bridgehead atoms. The maximum Gasteiger partial charge on any atom is 0.282 e. The number of benzene rings is 1. The van der Waals surface area contributed by atoms with Gasteiger partial charge in [-0.1, -0.05) is 25.4 Å². The number of nitrogens with one attached hydrogen (secondary N) is 1. The van der Waals surface area contributed by atoms with Gasteiger partial charge in [-0.15, -0.1) is 0 Å². The van der Waals surface area contributed by atoms with Gasteiger partial charge in [-0.25, -0.2) is 0 Å². The van der Waals surface area contributed by atoms with Gasteiger partial charge in [0.1, 0.15) is 5.56 Å². The van der Waals surface area contributed by atoms with Gasteiger partial charge in [0.25, 0.3) is 11.6 Å². The summed E-state index contributed by atoms with van der Waals surface area (Å²) >= 11 is 5.82. The summed E-state index contributed by atoms with van der Waals surface area (Å²) in [6.07, 6.45) is 2.82. The molecular weight excluding hydrogens is 280 g/mol. The maximum absolute atomic E-state index is 12.2. The Bertz CT molecular complexity index is 557. The largest absolute Gasteiger partial charge is 0.349 e. The highest BCUT2D eigenvalue weighted by Crippen LogP contribution is 2.37. The van der Waals surface area contributed by atoms with Gasteiger partial charge < -0.3 is 5.32 Å². The van der Waals surface area contributed by atoms with Crippen molar-refractivity contribution in [1.29, 1.82) is 0 Å². The van der Waals surface area contributed by atoms with E-state index in [-0.39, 0.29) is 22.7 Å². The lowest BCUT2D eigenvalue weighted by Gasteiger charge is -2.17. The molecule has 1 saturated carbocycles. The molecule has 0 saturated heterocycles. The summed E-state index contributed by atoms with van der Waals surface area (Å²) in [6.45, 7) is 4.31. The molecule has 0 heterocycles. The van der Waals surface area contributed by atoms with Gasteiger partial charge in [-0.05, 0) is 36.8 Å². The number of carbonyl (C=O) groups is 1. The van der Waals surface area contributed by atoms with E-state index in [1.54, 1.807) is 0 Å². The van der Waals surface area contributed by atoms with Crippen LogP contribution in [0.25, 0.3) is 0 Å². The van der Waals surface area contributed by atoms with Gasteiger partial charge in [0, 0.05) is 17.1 Å². The van der Waals surface area contributed by atoms with Crippen LogP contribution in [0.3, 0.4) is 0 Å². The third kappa shape index (κ3) is 3.28. The molecule has 6 heteroatoms. The van der Waals surface area contributed by atoms with E-state index in [0.29, 0.717) is 5.02 Å². The maximum atomic E-state index is 12.2. The topological polar surface area (TPSA) is 72.2 Å². The number of nitro groups is 1. The lowest BCUT2D eigenvalue weighted by atomic mass is 9.92. The first kappa shape index (κ1) is 14.8. The highest BCUT2D eigenvalue weighted by Gasteiger charge is 2.32.